The van der Waals surface area contributed by atoms with Gasteiger partial charge >= 0.3 is 0 Å². The second-order valence-corrected chi connectivity index (χ2v) is 5.98. The second-order valence-electron chi connectivity index (χ2n) is 5.98. The number of hydrogen-bond donors (Lipinski definition) is 1. The lowest BCUT2D eigenvalue weighted by Crippen LogP contribution is -2.45. The molecule has 0 aliphatic carbocycles. The lowest BCUT2D eigenvalue weighted by molar-refractivity contribution is -0.130. The summed E-state index contributed by atoms with van der Waals surface area (Å²) in [6.45, 7) is 0.738. The molecule has 0 radical (unpaired) electrons. The van der Waals surface area contributed by atoms with Gasteiger partial charge in [0, 0.05) is 12.3 Å². The fraction of sp³-hybridized carbons (Fsp3) is 0.200. The Morgan fingerprint density at radius 1 is 1.04 bits per heavy atom. The van der Waals surface area contributed by atoms with Crippen LogP contribution in [-0.4, -0.2) is 47.0 Å². The number of nitrogens with zero attached hydrogens (tertiary/aromatic N) is 3. The maximum atomic E-state index is 12.2. The molecule has 1 amide bonds. The van der Waals surface area contributed by atoms with Crippen molar-refractivity contribution in [2.45, 2.75) is 6.10 Å². The number of benzene rings is 1. The van der Waals surface area contributed by atoms with E-state index in [0.29, 0.717) is 29.6 Å². The summed E-state index contributed by atoms with van der Waals surface area (Å²) in [5, 5.41) is 10.9. The number of nitrogens with one attached hydrogen (secondary N) is 1. The van der Waals surface area contributed by atoms with Crippen molar-refractivity contribution in [1.82, 2.24) is 20.5 Å². The summed E-state index contributed by atoms with van der Waals surface area (Å²) in [4.78, 5) is 16.4. The van der Waals surface area contributed by atoms with Crippen LogP contribution in [0.2, 0.25) is 0 Å². The van der Waals surface area contributed by atoms with Gasteiger partial charge in [0.05, 0.1) is 12.2 Å². The van der Waals surface area contributed by atoms with Gasteiger partial charge in [-0.25, -0.2) is 0 Å². The van der Waals surface area contributed by atoms with E-state index in [4.69, 9.17) is 14.2 Å². The van der Waals surface area contributed by atoms with Gasteiger partial charge in [-0.3, -0.25) is 9.78 Å². The number of carbonyl (C=O) groups is 1. The third kappa shape index (κ3) is 4.17. The van der Waals surface area contributed by atoms with Crippen LogP contribution < -0.4 is 19.5 Å². The smallest absolute Gasteiger partial charge is 0.264 e. The van der Waals surface area contributed by atoms with E-state index in [0.717, 1.165) is 5.69 Å². The SMILES string of the molecule is O=C(NCCOc1ccc(-c2ccccn2)nn1)C1COc2ccccc2O1. The fourth-order valence-corrected chi connectivity index (χ4v) is 2.64. The van der Waals surface area contributed by atoms with Crippen molar-refractivity contribution in [3.05, 3.63) is 60.8 Å². The molecule has 0 spiro atoms. The van der Waals surface area contributed by atoms with Crippen LogP contribution in [0, 0.1) is 0 Å². The number of aromatic nitrogens is 3. The average Bonchev–Trinajstić information content (AvgIpc) is 2.77. The zero-order chi connectivity index (χ0) is 19.2. The minimum Gasteiger partial charge on any atom is -0.485 e. The van der Waals surface area contributed by atoms with Crippen molar-refractivity contribution in [2.24, 2.45) is 0 Å². The highest BCUT2D eigenvalue weighted by atomic mass is 16.6. The van der Waals surface area contributed by atoms with Gasteiger partial charge in [-0.2, -0.15) is 0 Å². The fourth-order valence-electron chi connectivity index (χ4n) is 2.64. The van der Waals surface area contributed by atoms with Crippen molar-refractivity contribution in [3.8, 4) is 28.8 Å². The minimum atomic E-state index is -0.688. The Balaban J connectivity index is 1.22. The summed E-state index contributed by atoms with van der Waals surface area (Å²) in [6, 6.07) is 16.3. The van der Waals surface area contributed by atoms with E-state index in [9.17, 15) is 4.79 Å². The summed E-state index contributed by atoms with van der Waals surface area (Å²) >= 11 is 0. The molecule has 0 saturated carbocycles. The first-order valence-corrected chi connectivity index (χ1v) is 8.84. The lowest BCUT2D eigenvalue weighted by atomic mass is 10.2. The Morgan fingerprint density at radius 2 is 1.89 bits per heavy atom. The molecule has 4 rings (SSSR count). The van der Waals surface area contributed by atoms with E-state index in [-0.39, 0.29) is 19.1 Å². The van der Waals surface area contributed by atoms with E-state index >= 15 is 0 Å². The number of rotatable bonds is 6. The van der Waals surface area contributed by atoms with Crippen LogP contribution in [0.4, 0.5) is 0 Å². The van der Waals surface area contributed by atoms with Crippen molar-refractivity contribution in [1.29, 1.82) is 0 Å². The monoisotopic (exact) mass is 378 g/mol. The first kappa shape index (κ1) is 17.7. The number of pyridine rings is 1. The number of carbonyl (C=O) groups excluding carboxylic acids is 1. The first-order chi connectivity index (χ1) is 13.8. The molecule has 1 atom stereocenters. The van der Waals surface area contributed by atoms with Gasteiger partial charge in [0.15, 0.2) is 11.5 Å². The summed E-state index contributed by atoms with van der Waals surface area (Å²) in [5.41, 5.74) is 1.40. The maximum Gasteiger partial charge on any atom is 0.264 e. The molecular formula is C20H18N4O4. The van der Waals surface area contributed by atoms with E-state index in [2.05, 4.69) is 20.5 Å². The molecule has 0 saturated heterocycles. The van der Waals surface area contributed by atoms with Crippen molar-refractivity contribution in [3.63, 3.8) is 0 Å². The first-order valence-electron chi connectivity index (χ1n) is 8.84. The number of amides is 1. The zero-order valence-corrected chi connectivity index (χ0v) is 14.9. The molecule has 8 nitrogen and oxygen atoms in total. The molecule has 1 aromatic carbocycles. The lowest BCUT2D eigenvalue weighted by Gasteiger charge is -2.25. The van der Waals surface area contributed by atoms with Crippen LogP contribution in [0.1, 0.15) is 0 Å². The van der Waals surface area contributed by atoms with Gasteiger partial charge in [-0.05, 0) is 30.3 Å². The van der Waals surface area contributed by atoms with Crippen LogP contribution in [-0.2, 0) is 4.79 Å². The number of ether oxygens (including phenoxy) is 3. The Hall–Kier alpha value is -3.68. The molecule has 0 bridgehead atoms. The van der Waals surface area contributed by atoms with Gasteiger partial charge in [0.1, 0.15) is 18.9 Å². The molecule has 1 aliphatic rings. The van der Waals surface area contributed by atoms with Crippen LogP contribution in [0.3, 0.4) is 0 Å². The molecule has 3 aromatic rings. The highest BCUT2D eigenvalue weighted by molar-refractivity contribution is 5.81. The minimum absolute atomic E-state index is 0.171. The number of para-hydroxylation sites is 2. The second kappa shape index (κ2) is 8.34. The van der Waals surface area contributed by atoms with Gasteiger partial charge < -0.3 is 19.5 Å². The Bertz CT molecular complexity index is 934. The highest BCUT2D eigenvalue weighted by Crippen LogP contribution is 2.30. The van der Waals surface area contributed by atoms with Crippen LogP contribution in [0.25, 0.3) is 11.4 Å². The van der Waals surface area contributed by atoms with Crippen molar-refractivity contribution in [2.75, 3.05) is 19.8 Å². The predicted molar refractivity (Wildman–Crippen MR) is 100 cm³/mol. The van der Waals surface area contributed by atoms with Crippen LogP contribution in [0.15, 0.2) is 60.8 Å². The van der Waals surface area contributed by atoms with E-state index in [1.807, 2.05) is 30.3 Å². The van der Waals surface area contributed by atoms with Crippen LogP contribution >= 0.6 is 0 Å². The van der Waals surface area contributed by atoms with Crippen LogP contribution in [0.5, 0.6) is 17.4 Å². The molecule has 2 aromatic heterocycles. The molecule has 3 heterocycles. The number of fused-ring (bicyclic) bond motifs is 1. The maximum absolute atomic E-state index is 12.2. The quantitative estimate of drug-likeness (QED) is 0.654. The largest absolute Gasteiger partial charge is 0.485 e. The van der Waals surface area contributed by atoms with Crippen molar-refractivity contribution >= 4 is 5.91 Å². The van der Waals surface area contributed by atoms with E-state index in [1.54, 1.807) is 30.5 Å². The standard InChI is InChI=1S/C20H18N4O4/c25-20(18-13-27-16-6-1-2-7-17(16)28-18)22-11-12-26-19-9-8-15(23-24-19)14-5-3-4-10-21-14/h1-10,18H,11-13H2,(H,22,25). The van der Waals surface area contributed by atoms with E-state index < -0.39 is 6.10 Å². The normalized spacial score (nSPS) is 14.9. The molecule has 8 heteroatoms. The molecule has 28 heavy (non-hydrogen) atoms. The molecule has 1 unspecified atom stereocenters. The summed E-state index contributed by atoms with van der Waals surface area (Å²) < 4.78 is 16.7. The zero-order valence-electron chi connectivity index (χ0n) is 14.9. The molecule has 142 valence electrons. The van der Waals surface area contributed by atoms with Gasteiger partial charge in [0.2, 0.25) is 12.0 Å². The van der Waals surface area contributed by atoms with E-state index in [1.165, 1.54) is 0 Å². The number of hydrogen-bond acceptors (Lipinski definition) is 7. The Morgan fingerprint density at radius 3 is 2.68 bits per heavy atom. The topological polar surface area (TPSA) is 95.5 Å². The van der Waals surface area contributed by atoms with Crippen molar-refractivity contribution < 1.29 is 19.0 Å². The Labute approximate surface area is 161 Å². The third-order valence-electron chi connectivity index (χ3n) is 4.02. The summed E-state index contributed by atoms with van der Waals surface area (Å²) in [6.07, 6.45) is 1.01. The third-order valence-corrected chi connectivity index (χ3v) is 4.02. The molecule has 1 N–H and O–H groups in total. The highest BCUT2D eigenvalue weighted by Gasteiger charge is 2.26. The summed E-state index contributed by atoms with van der Waals surface area (Å²) in [7, 11) is 0. The molecular weight excluding hydrogens is 360 g/mol. The molecule has 1 aliphatic heterocycles. The van der Waals surface area contributed by atoms with Gasteiger partial charge in [0.25, 0.3) is 5.91 Å². The predicted octanol–water partition coefficient (Wildman–Crippen LogP) is 1.87. The Kier molecular flexibility index (Phi) is 5.28. The van der Waals surface area contributed by atoms with Gasteiger partial charge in [-0.1, -0.05) is 18.2 Å². The summed E-state index contributed by atoms with van der Waals surface area (Å²) in [5.74, 6) is 1.32. The van der Waals surface area contributed by atoms with Gasteiger partial charge in [-0.15, -0.1) is 10.2 Å². The molecule has 0 fully saturated rings. The average molecular weight is 378 g/mol.